The maximum atomic E-state index is 13.5. The molecule has 1 aromatic carbocycles. The zero-order valence-corrected chi connectivity index (χ0v) is 9.44. The van der Waals surface area contributed by atoms with Gasteiger partial charge < -0.3 is 5.32 Å². The van der Waals surface area contributed by atoms with Gasteiger partial charge in [0.05, 0.1) is 6.04 Å². The molecule has 0 aromatic heterocycles. The van der Waals surface area contributed by atoms with E-state index in [0.717, 1.165) is 11.6 Å². The minimum atomic E-state index is -1.43. The van der Waals surface area contributed by atoms with Crippen LogP contribution in [0.3, 0.4) is 0 Å². The van der Waals surface area contributed by atoms with Gasteiger partial charge in [0.2, 0.25) is 0 Å². The molecule has 0 aliphatic carbocycles. The van der Waals surface area contributed by atoms with Crippen LogP contribution in [-0.2, 0) is 0 Å². The molecule has 0 fully saturated rings. The average Bonchev–Trinajstić information content (AvgIpc) is 2.23. The quantitative estimate of drug-likeness (QED) is 0.619. The first-order chi connectivity index (χ1) is 7.47. The highest BCUT2D eigenvalue weighted by atomic mass is 19.2. The molecule has 1 rings (SSSR count). The van der Waals surface area contributed by atoms with Gasteiger partial charge in [-0.3, -0.25) is 0 Å². The monoisotopic (exact) mass is 229 g/mol. The van der Waals surface area contributed by atoms with E-state index >= 15 is 0 Å². The van der Waals surface area contributed by atoms with Crippen molar-refractivity contribution in [2.24, 2.45) is 0 Å². The summed E-state index contributed by atoms with van der Waals surface area (Å²) in [6, 6.07) is 1.71. The Morgan fingerprint density at radius 3 is 2.31 bits per heavy atom. The van der Waals surface area contributed by atoms with Crippen molar-refractivity contribution >= 4 is 0 Å². The van der Waals surface area contributed by atoms with Gasteiger partial charge in [0, 0.05) is 5.56 Å². The predicted molar refractivity (Wildman–Crippen MR) is 57.5 cm³/mol. The van der Waals surface area contributed by atoms with Crippen molar-refractivity contribution in [2.75, 3.05) is 7.05 Å². The van der Waals surface area contributed by atoms with Crippen LogP contribution in [0.2, 0.25) is 0 Å². The standard InChI is InChI=1S/C12H14F3N/c1-7(2)6-10(16-3)8-4-5-9(13)12(15)11(8)14/h4-6,10,16H,1-3H3. The molecule has 0 saturated heterocycles. The van der Waals surface area contributed by atoms with Crippen molar-refractivity contribution in [1.29, 1.82) is 0 Å². The van der Waals surface area contributed by atoms with Gasteiger partial charge in [-0.15, -0.1) is 0 Å². The van der Waals surface area contributed by atoms with Crippen molar-refractivity contribution in [2.45, 2.75) is 19.9 Å². The molecule has 0 amide bonds. The Labute approximate surface area is 93.0 Å². The van der Waals surface area contributed by atoms with Gasteiger partial charge in [0.1, 0.15) is 0 Å². The van der Waals surface area contributed by atoms with Gasteiger partial charge in [-0.1, -0.05) is 17.7 Å². The van der Waals surface area contributed by atoms with Crippen molar-refractivity contribution in [3.63, 3.8) is 0 Å². The van der Waals surface area contributed by atoms with Crippen LogP contribution in [-0.4, -0.2) is 7.05 Å². The summed E-state index contributed by atoms with van der Waals surface area (Å²) in [5.41, 5.74) is 1.06. The summed E-state index contributed by atoms with van der Waals surface area (Å²) >= 11 is 0. The van der Waals surface area contributed by atoms with Crippen LogP contribution >= 0.6 is 0 Å². The molecule has 1 nitrogen and oxygen atoms in total. The first-order valence-corrected chi connectivity index (χ1v) is 4.93. The van der Waals surface area contributed by atoms with E-state index < -0.39 is 23.5 Å². The van der Waals surface area contributed by atoms with E-state index in [1.165, 1.54) is 6.07 Å². The molecule has 1 aromatic rings. The third-order valence-corrected chi connectivity index (χ3v) is 2.21. The van der Waals surface area contributed by atoms with Crippen LogP contribution in [0.1, 0.15) is 25.5 Å². The second-order valence-electron chi connectivity index (χ2n) is 3.77. The molecule has 0 saturated carbocycles. The molecular weight excluding hydrogens is 215 g/mol. The molecule has 0 spiro atoms. The average molecular weight is 229 g/mol. The zero-order chi connectivity index (χ0) is 12.3. The second kappa shape index (κ2) is 5.16. The van der Waals surface area contributed by atoms with E-state index in [1.807, 2.05) is 13.8 Å². The Morgan fingerprint density at radius 2 is 1.81 bits per heavy atom. The van der Waals surface area contributed by atoms with Gasteiger partial charge in [0.25, 0.3) is 0 Å². The normalized spacial score (nSPS) is 12.4. The molecule has 4 heteroatoms. The van der Waals surface area contributed by atoms with Crippen LogP contribution in [0.4, 0.5) is 13.2 Å². The number of likely N-dealkylation sites (N-methyl/N-ethyl adjacent to an activating group) is 1. The maximum Gasteiger partial charge on any atom is 0.194 e. The summed E-state index contributed by atoms with van der Waals surface area (Å²) in [4.78, 5) is 0. The summed E-state index contributed by atoms with van der Waals surface area (Å²) in [6.45, 7) is 3.70. The lowest BCUT2D eigenvalue weighted by Crippen LogP contribution is -2.16. The first kappa shape index (κ1) is 12.8. The highest BCUT2D eigenvalue weighted by molar-refractivity contribution is 5.27. The summed E-state index contributed by atoms with van der Waals surface area (Å²) in [5, 5.41) is 2.83. The van der Waals surface area contributed by atoms with Crippen molar-refractivity contribution < 1.29 is 13.2 Å². The number of nitrogens with one attached hydrogen (secondary N) is 1. The van der Waals surface area contributed by atoms with Gasteiger partial charge in [0.15, 0.2) is 17.5 Å². The SMILES string of the molecule is CNC(C=C(C)C)c1ccc(F)c(F)c1F. The Kier molecular flexibility index (Phi) is 4.12. The Hall–Kier alpha value is -1.29. The highest BCUT2D eigenvalue weighted by Crippen LogP contribution is 2.22. The molecule has 16 heavy (non-hydrogen) atoms. The minimum Gasteiger partial charge on any atom is -0.310 e. The Morgan fingerprint density at radius 1 is 1.19 bits per heavy atom. The van der Waals surface area contributed by atoms with E-state index in [9.17, 15) is 13.2 Å². The predicted octanol–water partition coefficient (Wildman–Crippen LogP) is 3.33. The molecule has 0 bridgehead atoms. The molecule has 0 heterocycles. The third-order valence-electron chi connectivity index (χ3n) is 2.21. The zero-order valence-electron chi connectivity index (χ0n) is 9.44. The van der Waals surface area contributed by atoms with Crippen LogP contribution in [0.5, 0.6) is 0 Å². The minimum absolute atomic E-state index is 0.0996. The number of benzene rings is 1. The summed E-state index contributed by atoms with van der Waals surface area (Å²) in [6.07, 6.45) is 1.75. The second-order valence-corrected chi connectivity index (χ2v) is 3.77. The fraction of sp³-hybridized carbons (Fsp3) is 0.333. The van der Waals surface area contributed by atoms with Gasteiger partial charge >= 0.3 is 0 Å². The van der Waals surface area contributed by atoms with E-state index in [0.29, 0.717) is 0 Å². The molecule has 0 radical (unpaired) electrons. The van der Waals surface area contributed by atoms with Crippen LogP contribution < -0.4 is 5.32 Å². The molecule has 1 unspecified atom stereocenters. The maximum absolute atomic E-state index is 13.5. The lowest BCUT2D eigenvalue weighted by molar-refractivity contribution is 0.436. The molecule has 1 atom stereocenters. The topological polar surface area (TPSA) is 12.0 Å². The van der Waals surface area contributed by atoms with Crippen molar-refractivity contribution in [3.05, 3.63) is 46.8 Å². The van der Waals surface area contributed by atoms with Gasteiger partial charge in [-0.2, -0.15) is 0 Å². The largest absolute Gasteiger partial charge is 0.310 e. The highest BCUT2D eigenvalue weighted by Gasteiger charge is 2.18. The Balaban J connectivity index is 3.21. The summed E-state index contributed by atoms with van der Waals surface area (Å²) in [7, 11) is 1.63. The van der Waals surface area contributed by atoms with E-state index in [2.05, 4.69) is 5.32 Å². The van der Waals surface area contributed by atoms with Crippen LogP contribution in [0.15, 0.2) is 23.8 Å². The number of hydrogen-bond donors (Lipinski definition) is 1. The Bertz CT molecular complexity index is 409. The number of allylic oxidation sites excluding steroid dienone is 1. The fourth-order valence-electron chi connectivity index (χ4n) is 1.44. The smallest absolute Gasteiger partial charge is 0.194 e. The van der Waals surface area contributed by atoms with Gasteiger partial charge in [-0.05, 0) is 27.0 Å². The summed E-state index contributed by atoms with van der Waals surface area (Å²) < 4.78 is 39.2. The van der Waals surface area contributed by atoms with Crippen LogP contribution in [0.25, 0.3) is 0 Å². The molecular formula is C12H14F3N. The lowest BCUT2D eigenvalue weighted by Gasteiger charge is -2.14. The molecule has 0 aliphatic heterocycles. The lowest BCUT2D eigenvalue weighted by atomic mass is 10.0. The van der Waals surface area contributed by atoms with Crippen molar-refractivity contribution in [3.8, 4) is 0 Å². The van der Waals surface area contributed by atoms with E-state index in [-0.39, 0.29) is 5.56 Å². The van der Waals surface area contributed by atoms with Crippen LogP contribution in [0, 0.1) is 17.5 Å². The number of rotatable bonds is 3. The molecule has 88 valence electrons. The van der Waals surface area contributed by atoms with Crippen molar-refractivity contribution in [1.82, 2.24) is 5.32 Å². The van der Waals surface area contributed by atoms with Gasteiger partial charge in [-0.25, -0.2) is 13.2 Å². The molecule has 0 aliphatic rings. The molecule has 1 N–H and O–H groups in total. The fourth-order valence-corrected chi connectivity index (χ4v) is 1.44. The third kappa shape index (κ3) is 2.64. The summed E-state index contributed by atoms with van der Waals surface area (Å²) in [5.74, 6) is -3.75. The number of hydrogen-bond acceptors (Lipinski definition) is 1. The first-order valence-electron chi connectivity index (χ1n) is 4.93. The van der Waals surface area contributed by atoms with E-state index in [1.54, 1.807) is 13.1 Å². The van der Waals surface area contributed by atoms with E-state index in [4.69, 9.17) is 0 Å². The number of halogens is 3.